The molecule has 0 aliphatic rings. The third-order valence-corrected chi connectivity index (χ3v) is 7.98. The molecule has 3 N–H and O–H groups in total. The van der Waals surface area contributed by atoms with E-state index in [0.29, 0.717) is 56.4 Å². The van der Waals surface area contributed by atoms with Crippen LogP contribution in [0.4, 0.5) is 11.4 Å². The molecule has 0 aliphatic carbocycles. The largest absolute Gasteiger partial charge is 0.383 e. The van der Waals surface area contributed by atoms with Crippen LogP contribution in [0.5, 0.6) is 0 Å². The van der Waals surface area contributed by atoms with Crippen LogP contribution in [0, 0.1) is 0 Å². The molecule has 0 bridgehead atoms. The second-order valence-electron chi connectivity index (χ2n) is 9.47. The topological polar surface area (TPSA) is 121 Å². The smallest absolute Gasteiger partial charge is 0.277 e. The van der Waals surface area contributed by atoms with E-state index in [0.717, 1.165) is 0 Å². The van der Waals surface area contributed by atoms with E-state index < -0.39 is 11.8 Å². The van der Waals surface area contributed by atoms with Crippen LogP contribution in [0.3, 0.4) is 0 Å². The number of aromatic nitrogens is 3. The van der Waals surface area contributed by atoms with Crippen molar-refractivity contribution < 1.29 is 14.4 Å². The number of pyridine rings is 1. The van der Waals surface area contributed by atoms with Crippen LogP contribution in [0.1, 0.15) is 58.9 Å². The lowest BCUT2D eigenvalue weighted by Crippen LogP contribution is -2.35. The second kappa shape index (κ2) is 17.9. The number of carbonyl (C=O) groups is 3. The minimum Gasteiger partial charge on any atom is -0.383 e. The van der Waals surface area contributed by atoms with Gasteiger partial charge in [0.15, 0.2) is 5.82 Å². The van der Waals surface area contributed by atoms with Gasteiger partial charge in [-0.3, -0.25) is 14.4 Å². The number of hydrogen-bond acceptors (Lipinski definition) is 6. The fourth-order valence-electron chi connectivity index (χ4n) is 4.37. The number of benzene rings is 2. The Morgan fingerprint density at radius 1 is 0.809 bits per heavy atom. The molecule has 0 saturated carbocycles. The van der Waals surface area contributed by atoms with Crippen molar-refractivity contribution in [3.63, 3.8) is 0 Å². The zero-order valence-electron chi connectivity index (χ0n) is 25.7. The van der Waals surface area contributed by atoms with Crippen molar-refractivity contribution in [1.29, 1.82) is 0 Å². The second-order valence-corrected chi connectivity index (χ2v) is 12.4. The minimum atomic E-state index is -0.447. The summed E-state index contributed by atoms with van der Waals surface area (Å²) in [5, 5.41) is 14.5. The molecule has 2 aromatic heterocycles. The summed E-state index contributed by atoms with van der Waals surface area (Å²) in [6.07, 6.45) is 1.55. The minimum absolute atomic E-state index is 0.171. The molecule has 0 spiro atoms. The van der Waals surface area contributed by atoms with Gasteiger partial charge in [-0.25, -0.2) is 9.67 Å². The Kier molecular flexibility index (Phi) is 14.6. The molecule has 0 unspecified atom stereocenters. The lowest BCUT2D eigenvalue weighted by Gasteiger charge is -2.25. The van der Waals surface area contributed by atoms with Crippen LogP contribution in [-0.4, -0.2) is 58.7 Å². The Bertz CT molecular complexity index is 1770. The Hall–Kier alpha value is -3.06. The van der Waals surface area contributed by atoms with Crippen LogP contribution < -0.4 is 20.9 Å². The van der Waals surface area contributed by atoms with E-state index in [1.54, 1.807) is 50.4 Å². The number of nitrogens with zero attached hydrogens (tertiary/aromatic N) is 4. The molecule has 2 aromatic carbocycles. The van der Waals surface area contributed by atoms with Gasteiger partial charge in [0.1, 0.15) is 10.3 Å². The highest BCUT2D eigenvalue weighted by Crippen LogP contribution is 2.35. The van der Waals surface area contributed by atoms with Crippen molar-refractivity contribution in [2.75, 3.05) is 36.4 Å². The molecule has 16 heteroatoms. The van der Waals surface area contributed by atoms with Gasteiger partial charge in [0, 0.05) is 48.5 Å². The fourth-order valence-corrected chi connectivity index (χ4v) is 6.11. The zero-order chi connectivity index (χ0) is 34.8. The average molecular weight is 807 g/mol. The first kappa shape index (κ1) is 38.4. The maximum Gasteiger partial charge on any atom is 0.277 e. The molecule has 0 aliphatic heterocycles. The molecule has 0 atom stereocenters. The van der Waals surface area contributed by atoms with Gasteiger partial charge in [0.05, 0.1) is 37.6 Å². The van der Waals surface area contributed by atoms with Crippen LogP contribution in [0.15, 0.2) is 53.3 Å². The Morgan fingerprint density at radius 2 is 1.40 bits per heavy atom. The zero-order valence-corrected chi connectivity index (χ0v) is 31.1. The maximum absolute atomic E-state index is 13.6. The number of anilines is 2. The highest BCUT2D eigenvalue weighted by molar-refractivity contribution is 9.10. The summed E-state index contributed by atoms with van der Waals surface area (Å²) in [5.74, 6) is -0.726. The predicted octanol–water partition coefficient (Wildman–Crippen LogP) is 8.58. The van der Waals surface area contributed by atoms with Crippen molar-refractivity contribution in [1.82, 2.24) is 25.4 Å². The van der Waals surface area contributed by atoms with Gasteiger partial charge < -0.3 is 20.9 Å². The summed E-state index contributed by atoms with van der Waals surface area (Å²) in [4.78, 5) is 43.7. The van der Waals surface area contributed by atoms with E-state index in [4.69, 9.17) is 58.0 Å². The van der Waals surface area contributed by atoms with Gasteiger partial charge in [0.2, 0.25) is 0 Å². The third-order valence-electron chi connectivity index (χ3n) is 6.27. The molecule has 0 fully saturated rings. The summed E-state index contributed by atoms with van der Waals surface area (Å²) < 4.78 is 1.76. The molecule has 0 saturated heterocycles. The number of carbonyl (C=O) groups excluding carboxylic acids is 3. The highest BCUT2D eigenvalue weighted by atomic mass is 79.9. The molecular weight excluding hydrogens is 776 g/mol. The summed E-state index contributed by atoms with van der Waals surface area (Å²) in [6, 6.07) is 11.1. The van der Waals surface area contributed by atoms with E-state index in [9.17, 15) is 14.4 Å². The molecule has 47 heavy (non-hydrogen) atoms. The summed E-state index contributed by atoms with van der Waals surface area (Å²) >= 11 is 34.0. The van der Waals surface area contributed by atoms with Crippen LogP contribution >= 0.6 is 73.9 Å². The lowest BCUT2D eigenvalue weighted by atomic mass is 10.1. The van der Waals surface area contributed by atoms with Gasteiger partial charge >= 0.3 is 0 Å². The first-order valence-electron chi connectivity index (χ1n) is 14.3. The van der Waals surface area contributed by atoms with E-state index in [1.165, 1.54) is 21.7 Å². The first-order chi connectivity index (χ1) is 22.4. The molecule has 3 amide bonds. The van der Waals surface area contributed by atoms with E-state index in [-0.39, 0.29) is 39.4 Å². The lowest BCUT2D eigenvalue weighted by molar-refractivity contribution is 0.0946. The van der Waals surface area contributed by atoms with E-state index in [2.05, 4.69) is 42.0 Å². The van der Waals surface area contributed by atoms with Gasteiger partial charge in [-0.05, 0) is 80.0 Å². The fraction of sp³-hybridized carbons (Fsp3) is 0.258. The molecule has 4 aromatic rings. The molecule has 250 valence electrons. The summed E-state index contributed by atoms with van der Waals surface area (Å²) in [5.41, 5.74) is 1.72. The van der Waals surface area contributed by atoms with Gasteiger partial charge in [-0.2, -0.15) is 5.10 Å². The monoisotopic (exact) mass is 803 g/mol. The highest BCUT2D eigenvalue weighted by Gasteiger charge is 2.29. The van der Waals surface area contributed by atoms with Crippen molar-refractivity contribution >= 4 is 103 Å². The molecule has 4 rings (SSSR count). The Balaban J connectivity index is 0.000000316. The third kappa shape index (κ3) is 9.52. The number of amides is 3. The van der Waals surface area contributed by atoms with E-state index in [1.807, 2.05) is 13.8 Å². The van der Waals surface area contributed by atoms with Gasteiger partial charge in [-0.15, -0.1) is 0 Å². The van der Waals surface area contributed by atoms with Gasteiger partial charge in [-0.1, -0.05) is 58.0 Å². The maximum atomic E-state index is 13.6. The van der Waals surface area contributed by atoms with Crippen LogP contribution in [0.25, 0.3) is 5.82 Å². The first-order valence-corrected chi connectivity index (χ1v) is 17.0. The van der Waals surface area contributed by atoms with E-state index >= 15 is 0 Å². The van der Waals surface area contributed by atoms with Crippen LogP contribution in [-0.2, 0) is 0 Å². The SMILES string of the molecule is CCNC(=O)c1cc(Cl)cc(Cl)c1N(CC)C(=O)c1cc(Br)nn1-c1ncccc1Cl.CCNC(=O)c1cc(Cl)cc(Cl)c1NCC. The summed E-state index contributed by atoms with van der Waals surface area (Å²) in [6.45, 7) is 9.24. The molecule has 0 radical (unpaired) electrons. The molecular formula is C31H31BrCl5N7O3. The molecule has 10 nitrogen and oxygen atoms in total. The number of rotatable bonds is 10. The predicted molar refractivity (Wildman–Crippen MR) is 195 cm³/mol. The van der Waals surface area contributed by atoms with Crippen LogP contribution in [0.2, 0.25) is 25.1 Å². The standard InChI is InChI=1S/C20H17BrCl3N5O2.C11H14Cl2N2O/c1-3-25-19(30)12-8-11(22)9-14(24)17(12)28(4-2)20(31)15-10-16(21)27-29(15)18-13(23)6-5-7-26-18;1-3-14-10-8(11(16)15-4-2)5-7(12)6-9(10)13/h5-10H,3-4H2,1-2H3,(H,25,30);5-6,14H,3-4H2,1-2H3,(H,15,16). The van der Waals surface area contributed by atoms with Crippen molar-refractivity contribution in [2.24, 2.45) is 0 Å². The Morgan fingerprint density at radius 3 is 1.98 bits per heavy atom. The number of nitrogens with one attached hydrogen (secondary N) is 3. The Labute approximate surface area is 306 Å². The van der Waals surface area contributed by atoms with Crippen molar-refractivity contribution in [3.05, 3.63) is 95.2 Å². The number of halogens is 6. The molecule has 2 heterocycles. The quantitative estimate of drug-likeness (QED) is 0.148. The average Bonchev–Trinajstić information content (AvgIpc) is 3.41. The van der Waals surface area contributed by atoms with Gasteiger partial charge in [0.25, 0.3) is 17.7 Å². The number of hydrogen-bond donors (Lipinski definition) is 3. The normalized spacial score (nSPS) is 10.5. The van der Waals surface area contributed by atoms with Crippen molar-refractivity contribution in [2.45, 2.75) is 27.7 Å². The summed E-state index contributed by atoms with van der Waals surface area (Å²) in [7, 11) is 0. The van der Waals surface area contributed by atoms with Crippen molar-refractivity contribution in [3.8, 4) is 5.82 Å².